The van der Waals surface area contributed by atoms with Gasteiger partial charge in [-0.15, -0.1) is 0 Å². The molecule has 0 unspecified atom stereocenters. The number of nitrogens with one attached hydrogen (secondary N) is 2. The number of likely N-dealkylation sites (tertiary alicyclic amines) is 1. The number of anilines is 1. The molecule has 2 N–H and O–H groups in total. The monoisotopic (exact) mass is 483 g/mol. The van der Waals surface area contributed by atoms with Crippen molar-refractivity contribution in [3.8, 4) is 0 Å². The van der Waals surface area contributed by atoms with Crippen molar-refractivity contribution in [1.82, 2.24) is 29.6 Å². The zero-order valence-corrected chi connectivity index (χ0v) is 19.4. The van der Waals surface area contributed by atoms with Crippen molar-refractivity contribution >= 4 is 40.2 Å². The third kappa shape index (κ3) is 4.88. The second-order valence-corrected chi connectivity index (χ2v) is 9.02. The first kappa shape index (κ1) is 21.9. The summed E-state index contributed by atoms with van der Waals surface area (Å²) in [6.45, 7) is 3.22. The smallest absolute Gasteiger partial charge is 0.278 e. The molecule has 170 valence electrons. The Kier molecular flexibility index (Phi) is 6.30. The summed E-state index contributed by atoms with van der Waals surface area (Å²) in [4.78, 5) is 26.9. The molecule has 3 aromatic heterocycles. The number of aromatic amines is 1. The van der Waals surface area contributed by atoms with E-state index in [2.05, 4.69) is 36.3 Å². The first-order chi connectivity index (χ1) is 16.1. The van der Waals surface area contributed by atoms with Crippen LogP contribution in [0.4, 0.5) is 5.95 Å². The zero-order valence-electron chi connectivity index (χ0n) is 17.8. The number of benzene rings is 1. The Morgan fingerprint density at radius 3 is 2.70 bits per heavy atom. The van der Waals surface area contributed by atoms with E-state index >= 15 is 0 Å². The second kappa shape index (κ2) is 9.51. The van der Waals surface area contributed by atoms with Crippen LogP contribution in [0.25, 0.3) is 11.0 Å². The van der Waals surface area contributed by atoms with E-state index < -0.39 is 0 Å². The van der Waals surface area contributed by atoms with Crippen molar-refractivity contribution in [2.75, 3.05) is 18.4 Å². The lowest BCUT2D eigenvalue weighted by atomic mass is 10.0. The van der Waals surface area contributed by atoms with Gasteiger partial charge < -0.3 is 5.32 Å². The van der Waals surface area contributed by atoms with Crippen molar-refractivity contribution in [2.45, 2.75) is 32.0 Å². The van der Waals surface area contributed by atoms with E-state index in [-0.39, 0.29) is 11.6 Å². The topological polar surface area (TPSA) is 91.7 Å². The Morgan fingerprint density at radius 2 is 1.94 bits per heavy atom. The van der Waals surface area contributed by atoms with Gasteiger partial charge in [0.1, 0.15) is 5.52 Å². The van der Waals surface area contributed by atoms with Gasteiger partial charge in [-0.2, -0.15) is 5.10 Å². The summed E-state index contributed by atoms with van der Waals surface area (Å²) in [6, 6.07) is 9.63. The molecule has 1 aromatic carbocycles. The minimum Gasteiger partial charge on any atom is -0.352 e. The van der Waals surface area contributed by atoms with Crippen LogP contribution in [-0.4, -0.2) is 42.7 Å². The van der Waals surface area contributed by atoms with Crippen LogP contribution < -0.4 is 10.9 Å². The summed E-state index contributed by atoms with van der Waals surface area (Å²) < 4.78 is 1.84. The van der Waals surface area contributed by atoms with E-state index in [9.17, 15) is 4.79 Å². The molecule has 1 saturated heterocycles. The summed E-state index contributed by atoms with van der Waals surface area (Å²) in [5.41, 5.74) is 3.03. The standard InChI is InChI=1S/C23H23Cl2N7O/c24-18-4-3-15(10-19(18)25)12-27-23-29-20-13-28-32(21(20)22(33)30-23)17-5-8-31(9-6-17)14-16-2-1-7-26-11-16/h1-4,7,10-11,13,17H,5-6,8-9,12,14H2,(H2,27,29,30,33). The summed E-state index contributed by atoms with van der Waals surface area (Å²) in [6.07, 6.45) is 7.21. The molecule has 0 amide bonds. The molecule has 4 heterocycles. The Morgan fingerprint density at radius 1 is 1.09 bits per heavy atom. The van der Waals surface area contributed by atoms with Crippen molar-refractivity contribution in [1.29, 1.82) is 0 Å². The molecular weight excluding hydrogens is 461 g/mol. The van der Waals surface area contributed by atoms with Gasteiger partial charge in [-0.3, -0.25) is 24.3 Å². The Labute approximate surface area is 200 Å². The molecule has 0 spiro atoms. The molecule has 4 aromatic rings. The molecule has 0 aliphatic carbocycles. The third-order valence-electron chi connectivity index (χ3n) is 5.93. The SMILES string of the molecule is O=c1[nH]c(NCc2ccc(Cl)c(Cl)c2)nc2cnn(C3CCN(Cc4cccnc4)CC3)c12. The van der Waals surface area contributed by atoms with Crippen LogP contribution in [0.2, 0.25) is 10.0 Å². The molecule has 1 aliphatic rings. The van der Waals surface area contributed by atoms with E-state index in [1.165, 1.54) is 5.56 Å². The highest BCUT2D eigenvalue weighted by atomic mass is 35.5. The van der Waals surface area contributed by atoms with Crippen LogP contribution in [0.15, 0.2) is 53.7 Å². The fraction of sp³-hybridized carbons (Fsp3) is 0.304. The minimum atomic E-state index is -0.202. The fourth-order valence-corrected chi connectivity index (χ4v) is 4.56. The maximum atomic E-state index is 12.9. The van der Waals surface area contributed by atoms with E-state index in [1.54, 1.807) is 24.5 Å². The van der Waals surface area contributed by atoms with E-state index in [0.717, 1.165) is 38.0 Å². The Bertz CT molecular complexity index is 1310. The largest absolute Gasteiger partial charge is 0.352 e. The molecule has 0 atom stereocenters. The van der Waals surface area contributed by atoms with Gasteiger partial charge in [-0.25, -0.2) is 4.98 Å². The lowest BCUT2D eigenvalue weighted by molar-refractivity contribution is 0.175. The number of H-pyrrole nitrogens is 1. The molecule has 5 rings (SSSR count). The quantitative estimate of drug-likeness (QED) is 0.425. The molecule has 8 nitrogen and oxygen atoms in total. The number of halogens is 2. The number of fused-ring (bicyclic) bond motifs is 1. The van der Waals surface area contributed by atoms with Gasteiger partial charge in [0.2, 0.25) is 5.95 Å². The normalized spacial score (nSPS) is 15.2. The maximum Gasteiger partial charge on any atom is 0.278 e. The summed E-state index contributed by atoms with van der Waals surface area (Å²) in [5, 5.41) is 8.65. The van der Waals surface area contributed by atoms with Crippen LogP contribution in [0.1, 0.15) is 30.0 Å². The molecule has 0 saturated carbocycles. The predicted molar refractivity (Wildman–Crippen MR) is 130 cm³/mol. The highest BCUT2D eigenvalue weighted by molar-refractivity contribution is 6.42. The number of hydrogen-bond donors (Lipinski definition) is 2. The molecular formula is C23H23Cl2N7O. The first-order valence-corrected chi connectivity index (χ1v) is 11.6. The Hall–Kier alpha value is -2.94. The van der Waals surface area contributed by atoms with Crippen LogP contribution in [0.3, 0.4) is 0 Å². The van der Waals surface area contributed by atoms with Gasteiger partial charge in [0.05, 0.1) is 22.3 Å². The molecule has 0 radical (unpaired) electrons. The van der Waals surface area contributed by atoms with Crippen LogP contribution >= 0.6 is 23.2 Å². The highest BCUT2D eigenvalue weighted by Gasteiger charge is 2.24. The number of piperidine rings is 1. The number of pyridine rings is 1. The van der Waals surface area contributed by atoms with Gasteiger partial charge in [-0.1, -0.05) is 35.3 Å². The average Bonchev–Trinajstić information content (AvgIpc) is 3.26. The predicted octanol–water partition coefficient (Wildman–Crippen LogP) is 4.27. The summed E-state index contributed by atoms with van der Waals surface area (Å²) in [7, 11) is 0. The van der Waals surface area contributed by atoms with Crippen LogP contribution in [-0.2, 0) is 13.1 Å². The zero-order chi connectivity index (χ0) is 22.8. The van der Waals surface area contributed by atoms with Gasteiger partial charge in [0.15, 0.2) is 5.52 Å². The van der Waals surface area contributed by atoms with Crippen molar-refractivity contribution in [2.24, 2.45) is 0 Å². The van der Waals surface area contributed by atoms with E-state index in [0.29, 0.717) is 33.6 Å². The molecule has 1 fully saturated rings. The van der Waals surface area contributed by atoms with Crippen LogP contribution in [0, 0.1) is 0 Å². The highest BCUT2D eigenvalue weighted by Crippen LogP contribution is 2.26. The number of hydrogen-bond acceptors (Lipinski definition) is 6. The van der Waals surface area contributed by atoms with Crippen molar-refractivity contribution in [3.05, 3.63) is 80.4 Å². The molecule has 0 bridgehead atoms. The number of nitrogens with zero attached hydrogens (tertiary/aromatic N) is 5. The van der Waals surface area contributed by atoms with Gasteiger partial charge in [0, 0.05) is 38.6 Å². The van der Waals surface area contributed by atoms with Gasteiger partial charge >= 0.3 is 0 Å². The van der Waals surface area contributed by atoms with Crippen molar-refractivity contribution in [3.63, 3.8) is 0 Å². The minimum absolute atomic E-state index is 0.172. The van der Waals surface area contributed by atoms with E-state index in [4.69, 9.17) is 23.2 Å². The Balaban J connectivity index is 1.26. The average molecular weight is 484 g/mol. The lowest BCUT2D eigenvalue weighted by Crippen LogP contribution is -2.35. The summed E-state index contributed by atoms with van der Waals surface area (Å²) in [5.74, 6) is 0.393. The second-order valence-electron chi connectivity index (χ2n) is 8.21. The fourth-order valence-electron chi connectivity index (χ4n) is 4.24. The van der Waals surface area contributed by atoms with E-state index in [1.807, 2.05) is 23.0 Å². The van der Waals surface area contributed by atoms with Crippen LogP contribution in [0.5, 0.6) is 0 Å². The van der Waals surface area contributed by atoms with Crippen molar-refractivity contribution < 1.29 is 0 Å². The lowest BCUT2D eigenvalue weighted by Gasteiger charge is -2.32. The molecule has 10 heteroatoms. The molecule has 33 heavy (non-hydrogen) atoms. The molecule has 1 aliphatic heterocycles. The number of rotatable bonds is 6. The third-order valence-corrected chi connectivity index (χ3v) is 6.67. The van der Waals surface area contributed by atoms with Gasteiger partial charge in [-0.05, 0) is 42.2 Å². The van der Waals surface area contributed by atoms with Gasteiger partial charge in [0.25, 0.3) is 5.56 Å². The maximum absolute atomic E-state index is 12.9. The summed E-state index contributed by atoms with van der Waals surface area (Å²) >= 11 is 12.0. The first-order valence-electron chi connectivity index (χ1n) is 10.8. The number of aromatic nitrogens is 5.